The van der Waals surface area contributed by atoms with Crippen molar-refractivity contribution in [1.82, 2.24) is 5.32 Å². The molecule has 2 unspecified atom stereocenters. The third-order valence-electron chi connectivity index (χ3n) is 5.78. The van der Waals surface area contributed by atoms with Crippen LogP contribution < -0.4 is 5.32 Å². The number of hydrogen-bond acceptors (Lipinski definition) is 2. The van der Waals surface area contributed by atoms with Crippen molar-refractivity contribution in [2.24, 2.45) is 5.92 Å². The summed E-state index contributed by atoms with van der Waals surface area (Å²) >= 11 is 0. The van der Waals surface area contributed by atoms with Crippen LogP contribution >= 0.6 is 0 Å². The number of nitrogens with one attached hydrogen (secondary N) is 1. The summed E-state index contributed by atoms with van der Waals surface area (Å²) in [6.45, 7) is 2.03. The monoisotopic (exact) mass is 285 g/mol. The molecule has 1 N–H and O–H groups in total. The maximum atomic E-state index is 6.74. The molecule has 1 spiro atoms. The van der Waals surface area contributed by atoms with E-state index in [9.17, 15) is 0 Å². The Morgan fingerprint density at radius 1 is 1.14 bits per heavy atom. The van der Waals surface area contributed by atoms with Crippen molar-refractivity contribution in [3.63, 3.8) is 0 Å². The zero-order valence-corrected chi connectivity index (χ0v) is 12.9. The van der Waals surface area contributed by atoms with Crippen LogP contribution in [-0.4, -0.2) is 19.2 Å². The average Bonchev–Trinajstić information content (AvgIpc) is 3.01. The first-order valence-corrected chi connectivity index (χ1v) is 8.83. The second-order valence-electron chi connectivity index (χ2n) is 7.26. The fraction of sp³-hybridized carbons (Fsp3) is 0.684. The quantitative estimate of drug-likeness (QED) is 0.892. The van der Waals surface area contributed by atoms with Gasteiger partial charge in [0.15, 0.2) is 0 Å². The van der Waals surface area contributed by atoms with Gasteiger partial charge in [-0.2, -0.15) is 0 Å². The van der Waals surface area contributed by atoms with Crippen molar-refractivity contribution >= 4 is 0 Å². The molecule has 1 aliphatic heterocycles. The summed E-state index contributed by atoms with van der Waals surface area (Å²) < 4.78 is 6.74. The van der Waals surface area contributed by atoms with Gasteiger partial charge in [0.1, 0.15) is 5.60 Å². The number of aryl methyl sites for hydroxylation is 1. The zero-order valence-electron chi connectivity index (χ0n) is 12.9. The summed E-state index contributed by atoms with van der Waals surface area (Å²) in [5, 5.41) is 3.69. The van der Waals surface area contributed by atoms with Gasteiger partial charge >= 0.3 is 0 Å². The highest BCUT2D eigenvalue weighted by atomic mass is 16.5. The molecule has 0 amide bonds. The van der Waals surface area contributed by atoms with Gasteiger partial charge < -0.3 is 10.1 Å². The molecule has 114 valence electrons. The van der Waals surface area contributed by atoms with Crippen molar-refractivity contribution in [3.05, 3.63) is 35.4 Å². The van der Waals surface area contributed by atoms with Crippen LogP contribution in [0, 0.1) is 5.92 Å². The van der Waals surface area contributed by atoms with Crippen molar-refractivity contribution in [1.29, 1.82) is 0 Å². The lowest BCUT2D eigenvalue weighted by Gasteiger charge is -2.45. The Kier molecular flexibility index (Phi) is 3.76. The van der Waals surface area contributed by atoms with E-state index in [4.69, 9.17) is 4.74 Å². The van der Waals surface area contributed by atoms with E-state index in [1.807, 2.05) is 0 Å². The highest BCUT2D eigenvalue weighted by molar-refractivity contribution is 5.35. The molecule has 0 bridgehead atoms. The normalized spacial score (nSPS) is 33.2. The molecule has 2 nitrogen and oxygen atoms in total. The van der Waals surface area contributed by atoms with Crippen molar-refractivity contribution in [2.75, 3.05) is 13.1 Å². The highest BCUT2D eigenvalue weighted by Gasteiger charge is 2.42. The number of rotatable bonds is 2. The summed E-state index contributed by atoms with van der Waals surface area (Å²) in [5.74, 6) is 0.908. The Bertz CT molecular complexity index is 494. The molecule has 0 radical (unpaired) electrons. The number of fused-ring (bicyclic) bond motifs is 2. The highest BCUT2D eigenvalue weighted by Crippen LogP contribution is 2.41. The van der Waals surface area contributed by atoms with Crippen LogP contribution in [0.4, 0.5) is 0 Å². The van der Waals surface area contributed by atoms with Crippen LogP contribution in [0.5, 0.6) is 0 Å². The lowest BCUT2D eigenvalue weighted by Crippen LogP contribution is -2.53. The topological polar surface area (TPSA) is 21.3 Å². The summed E-state index contributed by atoms with van der Waals surface area (Å²) in [4.78, 5) is 0. The lowest BCUT2D eigenvalue weighted by molar-refractivity contribution is -0.136. The minimum Gasteiger partial charge on any atom is -0.364 e. The minimum absolute atomic E-state index is 0.0453. The van der Waals surface area contributed by atoms with Crippen LogP contribution in [0.2, 0.25) is 0 Å². The third kappa shape index (κ3) is 2.64. The van der Waals surface area contributed by atoms with Crippen molar-refractivity contribution in [3.8, 4) is 0 Å². The smallest absolute Gasteiger partial charge is 0.106 e. The van der Waals surface area contributed by atoms with Gasteiger partial charge in [-0.3, -0.25) is 0 Å². The summed E-state index contributed by atoms with van der Waals surface area (Å²) in [6.07, 6.45) is 11.0. The van der Waals surface area contributed by atoms with Gasteiger partial charge in [0, 0.05) is 13.1 Å². The molecule has 3 aliphatic rings. The van der Waals surface area contributed by atoms with Crippen LogP contribution in [0.25, 0.3) is 0 Å². The molecule has 2 aliphatic carbocycles. The summed E-state index contributed by atoms with van der Waals surface area (Å²) in [5.41, 5.74) is 2.92. The first-order valence-electron chi connectivity index (χ1n) is 8.83. The first-order chi connectivity index (χ1) is 10.4. The van der Waals surface area contributed by atoms with Crippen LogP contribution in [0.1, 0.15) is 56.1 Å². The van der Waals surface area contributed by atoms with E-state index in [1.54, 1.807) is 0 Å². The van der Waals surface area contributed by atoms with Gasteiger partial charge in [0.2, 0.25) is 0 Å². The second-order valence-corrected chi connectivity index (χ2v) is 7.26. The zero-order chi connectivity index (χ0) is 14.1. The maximum Gasteiger partial charge on any atom is 0.106 e. The molecule has 1 heterocycles. The average molecular weight is 285 g/mol. The number of benzene rings is 1. The molecule has 1 aromatic carbocycles. The van der Waals surface area contributed by atoms with Gasteiger partial charge in [-0.1, -0.05) is 49.9 Å². The van der Waals surface area contributed by atoms with E-state index in [-0.39, 0.29) is 5.60 Å². The Hall–Kier alpha value is -0.860. The molecule has 2 heteroatoms. The molecule has 1 saturated heterocycles. The SMILES string of the molecule is c1ccc2c(c1)CCCC21CNCC(CC2CCCC2)O1. The molecule has 0 aromatic heterocycles. The summed E-state index contributed by atoms with van der Waals surface area (Å²) in [7, 11) is 0. The maximum absolute atomic E-state index is 6.74. The summed E-state index contributed by atoms with van der Waals surface area (Å²) in [6, 6.07) is 8.94. The van der Waals surface area contributed by atoms with Gasteiger partial charge in [0.25, 0.3) is 0 Å². The van der Waals surface area contributed by atoms with E-state index in [1.165, 1.54) is 62.5 Å². The first kappa shape index (κ1) is 13.8. The van der Waals surface area contributed by atoms with Gasteiger partial charge in [-0.25, -0.2) is 0 Å². The molecule has 1 aromatic rings. The molecule has 2 fully saturated rings. The minimum atomic E-state index is -0.0453. The molecular formula is C19H27NO. The fourth-order valence-electron chi connectivity index (χ4n) is 4.77. The standard InChI is InChI=1S/C19H27NO/c1-2-7-15(6-1)12-17-13-20-14-19(21-17)11-5-9-16-8-3-4-10-18(16)19/h3-4,8,10,15,17,20H,1-2,5-7,9,11-14H2. The number of hydrogen-bond donors (Lipinski definition) is 1. The second kappa shape index (κ2) is 5.73. The van der Waals surface area contributed by atoms with Crippen LogP contribution in [0.3, 0.4) is 0 Å². The Labute approximate surface area is 128 Å². The van der Waals surface area contributed by atoms with Crippen LogP contribution in [0.15, 0.2) is 24.3 Å². The third-order valence-corrected chi connectivity index (χ3v) is 5.78. The van der Waals surface area contributed by atoms with E-state index in [2.05, 4.69) is 29.6 Å². The van der Waals surface area contributed by atoms with Crippen LogP contribution in [-0.2, 0) is 16.8 Å². The van der Waals surface area contributed by atoms with Gasteiger partial charge in [-0.15, -0.1) is 0 Å². The predicted molar refractivity (Wildman–Crippen MR) is 85.4 cm³/mol. The van der Waals surface area contributed by atoms with E-state index in [0.717, 1.165) is 19.0 Å². The molecule has 21 heavy (non-hydrogen) atoms. The van der Waals surface area contributed by atoms with E-state index >= 15 is 0 Å². The van der Waals surface area contributed by atoms with Crippen molar-refractivity contribution < 1.29 is 4.74 Å². The van der Waals surface area contributed by atoms with Gasteiger partial charge in [-0.05, 0) is 42.7 Å². The predicted octanol–water partition coefficient (Wildman–Crippen LogP) is 3.79. The number of ether oxygens (including phenoxy) is 1. The Morgan fingerprint density at radius 2 is 2.00 bits per heavy atom. The largest absolute Gasteiger partial charge is 0.364 e. The van der Waals surface area contributed by atoms with Gasteiger partial charge in [0.05, 0.1) is 6.10 Å². The molecule has 2 atom stereocenters. The fourth-order valence-corrected chi connectivity index (χ4v) is 4.77. The van der Waals surface area contributed by atoms with E-state index < -0.39 is 0 Å². The van der Waals surface area contributed by atoms with Crippen molar-refractivity contribution in [2.45, 2.75) is 63.1 Å². The van der Waals surface area contributed by atoms with E-state index in [0.29, 0.717) is 6.10 Å². The Morgan fingerprint density at radius 3 is 2.90 bits per heavy atom. The molecular weight excluding hydrogens is 258 g/mol. The molecule has 4 rings (SSSR count). The Balaban J connectivity index is 1.54. The lowest BCUT2D eigenvalue weighted by atomic mass is 9.78. The molecule has 1 saturated carbocycles. The number of morpholine rings is 1.